The summed E-state index contributed by atoms with van der Waals surface area (Å²) in [4.78, 5) is 16.9. The number of nitrogens with zero attached hydrogens (tertiary/aromatic N) is 3. The van der Waals surface area contributed by atoms with E-state index in [1.165, 1.54) is 19.3 Å². The maximum absolute atomic E-state index is 12.5. The van der Waals surface area contributed by atoms with Gasteiger partial charge in [-0.05, 0) is 56.6 Å². The molecule has 0 saturated carbocycles. The van der Waals surface area contributed by atoms with E-state index in [0.29, 0.717) is 16.8 Å². The average Bonchev–Trinajstić information content (AvgIpc) is 3.03. The van der Waals surface area contributed by atoms with Gasteiger partial charge in [-0.1, -0.05) is 44.7 Å². The normalized spacial score (nSPS) is 11.8. The number of carbonyl (C=O) groups excluding carboxylic acids is 1. The zero-order valence-electron chi connectivity index (χ0n) is 17.4. The van der Waals surface area contributed by atoms with E-state index in [0.717, 1.165) is 24.4 Å². The van der Waals surface area contributed by atoms with Crippen molar-refractivity contribution < 1.29 is 4.79 Å². The van der Waals surface area contributed by atoms with Crippen molar-refractivity contribution in [3.63, 3.8) is 0 Å². The molecule has 29 heavy (non-hydrogen) atoms. The molecule has 0 aromatic carbocycles. The third kappa shape index (κ3) is 6.97. The van der Waals surface area contributed by atoms with E-state index in [1.54, 1.807) is 16.8 Å². The molecule has 9 heteroatoms. The molecule has 0 saturated heterocycles. The third-order valence-corrected chi connectivity index (χ3v) is 5.03. The minimum atomic E-state index is -0.474. The van der Waals surface area contributed by atoms with Gasteiger partial charge in [-0.3, -0.25) is 15.6 Å². The number of nitrogens with one attached hydrogen (secondary N) is 3. The van der Waals surface area contributed by atoms with Crippen LogP contribution in [0.4, 0.5) is 0 Å². The second-order valence-corrected chi connectivity index (χ2v) is 8.04. The number of amides is 1. The Morgan fingerprint density at radius 2 is 2.03 bits per heavy atom. The molecule has 0 aliphatic rings. The molecule has 1 atom stereocenters. The van der Waals surface area contributed by atoms with Gasteiger partial charge < -0.3 is 5.32 Å². The van der Waals surface area contributed by atoms with E-state index in [4.69, 9.17) is 23.8 Å². The van der Waals surface area contributed by atoms with Crippen LogP contribution in [0.1, 0.15) is 61.4 Å². The number of carbonyl (C=O) groups is 1. The monoisotopic (exact) mass is 436 g/mol. The molecule has 0 radical (unpaired) electrons. The molecule has 2 aromatic heterocycles. The van der Waals surface area contributed by atoms with Crippen molar-refractivity contribution in [1.29, 1.82) is 0 Å². The lowest BCUT2D eigenvalue weighted by atomic mass is 10.0. The molecule has 3 N–H and O–H groups in total. The van der Waals surface area contributed by atoms with Crippen LogP contribution >= 0.6 is 23.8 Å². The molecule has 0 fully saturated rings. The lowest BCUT2D eigenvalue weighted by molar-refractivity contribution is 0.0938. The first-order chi connectivity index (χ1) is 13.8. The van der Waals surface area contributed by atoms with Crippen molar-refractivity contribution in [2.45, 2.75) is 53.4 Å². The largest absolute Gasteiger partial charge is 0.361 e. The van der Waals surface area contributed by atoms with Gasteiger partial charge in [0.2, 0.25) is 0 Å². The number of hydrogen-bond acceptors (Lipinski definition) is 4. The summed E-state index contributed by atoms with van der Waals surface area (Å²) in [6, 6.07) is 5.28. The lowest BCUT2D eigenvalue weighted by Crippen LogP contribution is -2.47. The number of unbranched alkanes of at least 4 members (excludes halogenated alkanes) is 2. The van der Waals surface area contributed by atoms with Gasteiger partial charge in [0, 0.05) is 12.2 Å². The number of aromatic nitrogens is 3. The van der Waals surface area contributed by atoms with Crippen LogP contribution in [-0.4, -0.2) is 32.3 Å². The van der Waals surface area contributed by atoms with Crippen LogP contribution in [-0.2, 0) is 0 Å². The quantitative estimate of drug-likeness (QED) is 0.331. The summed E-state index contributed by atoms with van der Waals surface area (Å²) >= 11 is 11.4. The van der Waals surface area contributed by atoms with Gasteiger partial charge in [-0.2, -0.15) is 5.10 Å². The van der Waals surface area contributed by atoms with Crippen LogP contribution in [0.15, 0.2) is 18.2 Å². The molecule has 158 valence electrons. The van der Waals surface area contributed by atoms with Crippen LogP contribution in [0, 0.1) is 19.8 Å². The number of hydrogen-bond donors (Lipinski definition) is 3. The summed E-state index contributed by atoms with van der Waals surface area (Å²) in [5.74, 6) is 0.552. The van der Waals surface area contributed by atoms with Gasteiger partial charge in [0.1, 0.15) is 0 Å². The maximum Gasteiger partial charge on any atom is 0.289 e. The summed E-state index contributed by atoms with van der Waals surface area (Å²) in [6.07, 6.45) is 4.82. The zero-order valence-corrected chi connectivity index (χ0v) is 19.0. The van der Waals surface area contributed by atoms with E-state index in [-0.39, 0.29) is 10.7 Å². The predicted molar refractivity (Wildman–Crippen MR) is 120 cm³/mol. The number of pyridine rings is 1. The van der Waals surface area contributed by atoms with Gasteiger partial charge >= 0.3 is 0 Å². The SMILES string of the molecule is CCCCCC(C)CNC(=S)NNC(=O)c1nc(-n2nc(C)cc2C)ccc1Cl. The molecular weight excluding hydrogens is 408 g/mol. The number of thiocarbonyl (C=S) groups is 1. The highest BCUT2D eigenvalue weighted by atomic mass is 35.5. The van der Waals surface area contributed by atoms with Crippen molar-refractivity contribution >= 4 is 34.8 Å². The Kier molecular flexibility index (Phi) is 8.85. The Morgan fingerprint density at radius 1 is 1.28 bits per heavy atom. The van der Waals surface area contributed by atoms with Crippen molar-refractivity contribution in [2.24, 2.45) is 5.92 Å². The van der Waals surface area contributed by atoms with Crippen LogP contribution < -0.4 is 16.2 Å². The molecule has 1 amide bonds. The molecule has 0 aliphatic carbocycles. The first kappa shape index (κ1) is 23.1. The Labute approximate surface area is 182 Å². The number of rotatable bonds is 8. The Balaban J connectivity index is 1.91. The first-order valence-corrected chi connectivity index (χ1v) is 10.6. The molecular formula is C20H29ClN6OS. The fourth-order valence-corrected chi connectivity index (χ4v) is 3.22. The summed E-state index contributed by atoms with van der Waals surface area (Å²) < 4.78 is 1.67. The molecule has 7 nitrogen and oxygen atoms in total. The minimum absolute atomic E-state index is 0.0972. The fourth-order valence-electron chi connectivity index (χ4n) is 2.90. The molecule has 0 spiro atoms. The van der Waals surface area contributed by atoms with E-state index in [1.807, 2.05) is 19.9 Å². The van der Waals surface area contributed by atoms with E-state index >= 15 is 0 Å². The third-order valence-electron chi connectivity index (χ3n) is 4.47. The highest BCUT2D eigenvalue weighted by Crippen LogP contribution is 2.17. The molecule has 2 heterocycles. The maximum atomic E-state index is 12.5. The number of hydrazine groups is 1. The highest BCUT2D eigenvalue weighted by molar-refractivity contribution is 7.80. The molecule has 2 rings (SSSR count). The van der Waals surface area contributed by atoms with Crippen LogP contribution in [0.25, 0.3) is 5.82 Å². The van der Waals surface area contributed by atoms with Gasteiger partial charge in [0.25, 0.3) is 5.91 Å². The fraction of sp³-hybridized carbons (Fsp3) is 0.500. The molecule has 0 aliphatic heterocycles. The van der Waals surface area contributed by atoms with Crippen molar-refractivity contribution in [3.8, 4) is 5.82 Å². The lowest BCUT2D eigenvalue weighted by Gasteiger charge is -2.15. The second kappa shape index (κ2) is 11.1. The van der Waals surface area contributed by atoms with Crippen molar-refractivity contribution in [1.82, 2.24) is 30.9 Å². The minimum Gasteiger partial charge on any atom is -0.361 e. The van der Waals surface area contributed by atoms with Crippen molar-refractivity contribution in [2.75, 3.05) is 6.54 Å². The summed E-state index contributed by atoms with van der Waals surface area (Å²) in [7, 11) is 0. The van der Waals surface area contributed by atoms with Gasteiger partial charge in [-0.25, -0.2) is 9.67 Å². The summed E-state index contributed by atoms with van der Waals surface area (Å²) in [5, 5.41) is 8.10. The van der Waals surface area contributed by atoms with Gasteiger partial charge in [-0.15, -0.1) is 0 Å². The second-order valence-electron chi connectivity index (χ2n) is 7.23. The number of aryl methyl sites for hydroxylation is 2. The Bertz CT molecular complexity index is 853. The smallest absolute Gasteiger partial charge is 0.289 e. The Morgan fingerprint density at radius 3 is 2.69 bits per heavy atom. The molecule has 2 aromatic rings. The van der Waals surface area contributed by atoms with Crippen LogP contribution in [0.2, 0.25) is 5.02 Å². The van der Waals surface area contributed by atoms with Crippen LogP contribution in [0.5, 0.6) is 0 Å². The Hall–Kier alpha value is -2.19. The summed E-state index contributed by atoms with van der Waals surface area (Å²) in [6.45, 7) is 8.94. The average molecular weight is 437 g/mol. The van der Waals surface area contributed by atoms with Crippen LogP contribution in [0.3, 0.4) is 0 Å². The highest BCUT2D eigenvalue weighted by Gasteiger charge is 2.15. The zero-order chi connectivity index (χ0) is 21.4. The van der Waals surface area contributed by atoms with E-state index in [2.05, 4.69) is 40.1 Å². The molecule has 0 bridgehead atoms. The van der Waals surface area contributed by atoms with E-state index < -0.39 is 5.91 Å². The summed E-state index contributed by atoms with van der Waals surface area (Å²) in [5.41, 5.74) is 7.13. The topological polar surface area (TPSA) is 83.9 Å². The van der Waals surface area contributed by atoms with E-state index in [9.17, 15) is 4.79 Å². The van der Waals surface area contributed by atoms with Crippen molar-refractivity contribution in [3.05, 3.63) is 40.3 Å². The number of halogens is 1. The first-order valence-electron chi connectivity index (χ1n) is 9.86. The predicted octanol–water partition coefficient (Wildman–Crippen LogP) is 3.86. The molecule has 1 unspecified atom stereocenters. The van der Waals surface area contributed by atoms with Gasteiger partial charge in [0.05, 0.1) is 10.7 Å². The standard InChI is InChI=1S/C20H29ClN6OS/c1-5-6-7-8-13(2)12-22-20(29)25-24-19(28)18-16(21)9-10-17(23-18)27-15(4)11-14(3)26-27/h9-11,13H,5-8,12H2,1-4H3,(H,24,28)(H2,22,25,29). The van der Waals surface area contributed by atoms with Gasteiger partial charge in [0.15, 0.2) is 16.6 Å².